The fourth-order valence-electron chi connectivity index (χ4n) is 2.25. The third kappa shape index (κ3) is 3.31. The first-order chi connectivity index (χ1) is 8.66. The number of likely N-dealkylation sites (tertiary alicyclic amines) is 1. The molecular weight excluding hydrogens is 228 g/mol. The van der Waals surface area contributed by atoms with E-state index in [4.69, 9.17) is 10.5 Å². The summed E-state index contributed by atoms with van der Waals surface area (Å²) in [5, 5.41) is 0. The molecular formula is C14H20N2O2. The first-order valence-corrected chi connectivity index (χ1v) is 6.32. The predicted octanol–water partition coefficient (Wildman–Crippen LogP) is 1.18. The van der Waals surface area contributed by atoms with Crippen molar-refractivity contribution in [3.63, 3.8) is 0 Å². The summed E-state index contributed by atoms with van der Waals surface area (Å²) < 4.78 is 5.30. The number of hydrogen-bond acceptors (Lipinski definition) is 4. The van der Waals surface area contributed by atoms with Gasteiger partial charge in [-0.1, -0.05) is 30.3 Å². The Kier molecular flexibility index (Phi) is 4.33. The van der Waals surface area contributed by atoms with Crippen molar-refractivity contribution >= 4 is 5.97 Å². The summed E-state index contributed by atoms with van der Waals surface area (Å²) in [6.45, 7) is 2.55. The van der Waals surface area contributed by atoms with Crippen molar-refractivity contribution < 1.29 is 9.53 Å². The van der Waals surface area contributed by atoms with Gasteiger partial charge in [-0.25, -0.2) is 4.79 Å². The van der Waals surface area contributed by atoms with E-state index in [1.807, 2.05) is 30.3 Å². The number of nitrogens with zero attached hydrogens (tertiary/aromatic N) is 1. The molecule has 2 N–H and O–H groups in total. The van der Waals surface area contributed by atoms with Gasteiger partial charge < -0.3 is 15.4 Å². The predicted molar refractivity (Wildman–Crippen MR) is 69.9 cm³/mol. The third-order valence-corrected chi connectivity index (χ3v) is 3.36. The highest BCUT2D eigenvalue weighted by Crippen LogP contribution is 2.16. The fourth-order valence-corrected chi connectivity index (χ4v) is 2.25. The number of esters is 1. The molecule has 0 bridgehead atoms. The molecule has 0 amide bonds. The number of rotatable bonds is 4. The topological polar surface area (TPSA) is 55.6 Å². The van der Waals surface area contributed by atoms with E-state index in [0.717, 1.165) is 25.1 Å². The van der Waals surface area contributed by atoms with Gasteiger partial charge in [0.1, 0.15) is 6.04 Å². The van der Waals surface area contributed by atoms with Crippen molar-refractivity contribution in [3.8, 4) is 0 Å². The normalized spacial score (nSPS) is 21.8. The minimum absolute atomic E-state index is 0.337. The van der Waals surface area contributed by atoms with E-state index in [2.05, 4.69) is 11.9 Å². The van der Waals surface area contributed by atoms with E-state index >= 15 is 0 Å². The molecule has 0 spiro atoms. The second-order valence-corrected chi connectivity index (χ2v) is 4.94. The maximum absolute atomic E-state index is 11.8. The van der Waals surface area contributed by atoms with E-state index in [0.29, 0.717) is 12.5 Å². The molecule has 2 atom stereocenters. The number of carbonyl (C=O) groups is 1. The van der Waals surface area contributed by atoms with E-state index in [9.17, 15) is 4.79 Å². The second kappa shape index (κ2) is 5.98. The molecule has 0 aromatic heterocycles. The molecule has 0 aliphatic carbocycles. The lowest BCUT2D eigenvalue weighted by atomic mass is 10.1. The molecule has 0 radical (unpaired) electrons. The lowest BCUT2D eigenvalue weighted by molar-refractivity contribution is -0.146. The molecule has 4 nitrogen and oxygen atoms in total. The van der Waals surface area contributed by atoms with Gasteiger partial charge in [0, 0.05) is 12.5 Å². The van der Waals surface area contributed by atoms with Crippen LogP contribution in [0.1, 0.15) is 18.0 Å². The average molecular weight is 248 g/mol. The van der Waals surface area contributed by atoms with E-state index < -0.39 is 6.04 Å². The zero-order valence-corrected chi connectivity index (χ0v) is 10.7. The van der Waals surface area contributed by atoms with Crippen LogP contribution in [0.4, 0.5) is 0 Å². The first kappa shape index (κ1) is 13.1. The van der Waals surface area contributed by atoms with Gasteiger partial charge in [-0.2, -0.15) is 0 Å². The van der Waals surface area contributed by atoms with Crippen LogP contribution in [0.3, 0.4) is 0 Å². The summed E-state index contributed by atoms with van der Waals surface area (Å²) in [5.41, 5.74) is 6.66. The molecule has 1 saturated heterocycles. The van der Waals surface area contributed by atoms with Gasteiger partial charge in [0.25, 0.3) is 0 Å². The van der Waals surface area contributed by atoms with Gasteiger partial charge in [-0.15, -0.1) is 0 Å². The maximum atomic E-state index is 11.8. The monoisotopic (exact) mass is 248 g/mol. The van der Waals surface area contributed by atoms with Crippen molar-refractivity contribution in [2.24, 2.45) is 11.7 Å². The molecule has 1 heterocycles. The highest BCUT2D eigenvalue weighted by Gasteiger charge is 2.23. The average Bonchev–Trinajstić information content (AvgIpc) is 2.82. The van der Waals surface area contributed by atoms with Gasteiger partial charge in [-0.3, -0.25) is 0 Å². The van der Waals surface area contributed by atoms with Crippen LogP contribution in [0.25, 0.3) is 0 Å². The zero-order chi connectivity index (χ0) is 13.0. The first-order valence-electron chi connectivity index (χ1n) is 6.32. The van der Waals surface area contributed by atoms with Crippen molar-refractivity contribution in [3.05, 3.63) is 35.9 Å². The van der Waals surface area contributed by atoms with Crippen LogP contribution in [0, 0.1) is 5.92 Å². The molecule has 1 aromatic carbocycles. The fraction of sp³-hybridized carbons (Fsp3) is 0.500. The molecule has 2 unspecified atom stereocenters. The molecule has 2 rings (SSSR count). The highest BCUT2D eigenvalue weighted by molar-refractivity contribution is 5.77. The largest absolute Gasteiger partial charge is 0.464 e. The standard InChI is InChI=1S/C14H20N2O2/c1-16-8-7-11(9-16)10-18-14(17)13(15)12-5-3-2-4-6-12/h2-6,11,13H,7-10,15H2,1H3. The van der Waals surface area contributed by atoms with Crippen LogP contribution in [0.15, 0.2) is 30.3 Å². The van der Waals surface area contributed by atoms with Crippen molar-refractivity contribution in [1.29, 1.82) is 0 Å². The lowest BCUT2D eigenvalue weighted by Crippen LogP contribution is -2.26. The molecule has 18 heavy (non-hydrogen) atoms. The molecule has 98 valence electrons. The van der Waals surface area contributed by atoms with E-state index in [-0.39, 0.29) is 5.97 Å². The third-order valence-electron chi connectivity index (χ3n) is 3.36. The van der Waals surface area contributed by atoms with Gasteiger partial charge in [0.05, 0.1) is 6.61 Å². The Hall–Kier alpha value is -1.39. The second-order valence-electron chi connectivity index (χ2n) is 4.94. The summed E-state index contributed by atoms with van der Waals surface area (Å²) >= 11 is 0. The smallest absolute Gasteiger partial charge is 0.327 e. The van der Waals surface area contributed by atoms with Crippen LogP contribution in [-0.4, -0.2) is 37.6 Å². The summed E-state index contributed by atoms with van der Waals surface area (Å²) in [6.07, 6.45) is 1.09. The molecule has 1 fully saturated rings. The summed E-state index contributed by atoms with van der Waals surface area (Å²) in [7, 11) is 2.08. The number of benzene rings is 1. The van der Waals surface area contributed by atoms with Crippen molar-refractivity contribution in [1.82, 2.24) is 4.90 Å². The van der Waals surface area contributed by atoms with Gasteiger partial charge in [0.15, 0.2) is 0 Å². The van der Waals surface area contributed by atoms with Crippen molar-refractivity contribution in [2.45, 2.75) is 12.5 Å². The van der Waals surface area contributed by atoms with Gasteiger partial charge >= 0.3 is 5.97 Å². The molecule has 0 saturated carbocycles. The van der Waals surface area contributed by atoms with Gasteiger partial charge in [-0.05, 0) is 25.6 Å². The molecule has 4 heteroatoms. The van der Waals surface area contributed by atoms with E-state index in [1.165, 1.54) is 0 Å². The number of carbonyl (C=O) groups excluding carboxylic acids is 1. The zero-order valence-electron chi connectivity index (χ0n) is 10.7. The Labute approximate surface area is 108 Å². The molecule has 1 aromatic rings. The molecule has 1 aliphatic heterocycles. The summed E-state index contributed by atoms with van der Waals surface area (Å²) in [6, 6.07) is 8.65. The Balaban J connectivity index is 1.81. The Morgan fingerprint density at radius 1 is 1.50 bits per heavy atom. The van der Waals surface area contributed by atoms with E-state index in [1.54, 1.807) is 0 Å². The minimum Gasteiger partial charge on any atom is -0.464 e. The van der Waals surface area contributed by atoms with Crippen molar-refractivity contribution in [2.75, 3.05) is 26.7 Å². The SMILES string of the molecule is CN1CCC(COC(=O)C(N)c2ccccc2)C1. The number of hydrogen-bond donors (Lipinski definition) is 1. The Morgan fingerprint density at radius 2 is 2.22 bits per heavy atom. The van der Waals surface area contributed by atoms with Crippen LogP contribution in [-0.2, 0) is 9.53 Å². The van der Waals surface area contributed by atoms with Crippen LogP contribution in [0.2, 0.25) is 0 Å². The maximum Gasteiger partial charge on any atom is 0.327 e. The van der Waals surface area contributed by atoms with Crippen LogP contribution in [0.5, 0.6) is 0 Å². The quantitative estimate of drug-likeness (QED) is 0.813. The Bertz CT molecular complexity index is 394. The number of nitrogens with two attached hydrogens (primary N) is 1. The van der Waals surface area contributed by atoms with Crippen LogP contribution < -0.4 is 5.73 Å². The Morgan fingerprint density at radius 3 is 2.83 bits per heavy atom. The summed E-state index contributed by atoms with van der Waals surface area (Å²) in [5.74, 6) is 0.109. The number of ether oxygens (including phenoxy) is 1. The minimum atomic E-state index is -0.676. The summed E-state index contributed by atoms with van der Waals surface area (Å²) in [4.78, 5) is 14.1. The van der Waals surface area contributed by atoms with Crippen LogP contribution >= 0.6 is 0 Å². The lowest BCUT2D eigenvalue weighted by Gasteiger charge is -2.14. The molecule has 1 aliphatic rings. The van der Waals surface area contributed by atoms with Gasteiger partial charge in [0.2, 0.25) is 0 Å². The highest BCUT2D eigenvalue weighted by atomic mass is 16.5.